The van der Waals surface area contributed by atoms with Crippen molar-refractivity contribution in [2.24, 2.45) is 0 Å². The van der Waals surface area contributed by atoms with Crippen LogP contribution in [0.2, 0.25) is 0 Å². The van der Waals surface area contributed by atoms with Gasteiger partial charge in [0.15, 0.2) is 0 Å². The van der Waals surface area contributed by atoms with Gasteiger partial charge in [-0.1, -0.05) is 12.1 Å². The van der Waals surface area contributed by atoms with Crippen molar-refractivity contribution in [3.05, 3.63) is 39.9 Å². The van der Waals surface area contributed by atoms with Crippen LogP contribution >= 0.6 is 0 Å². The summed E-state index contributed by atoms with van der Waals surface area (Å²) in [5.74, 6) is -0.191. The number of benzene rings is 1. The van der Waals surface area contributed by atoms with Gasteiger partial charge in [-0.05, 0) is 18.4 Å². The van der Waals surface area contributed by atoms with Crippen LogP contribution in [0, 0.1) is 10.1 Å². The summed E-state index contributed by atoms with van der Waals surface area (Å²) in [5, 5.41) is 13.7. The fourth-order valence-electron chi connectivity index (χ4n) is 3.45. The van der Waals surface area contributed by atoms with E-state index in [1.54, 1.807) is 4.90 Å². The van der Waals surface area contributed by atoms with E-state index >= 15 is 0 Å². The van der Waals surface area contributed by atoms with E-state index in [0.717, 1.165) is 13.0 Å². The van der Waals surface area contributed by atoms with Crippen LogP contribution in [0.15, 0.2) is 24.3 Å². The predicted octanol–water partition coefficient (Wildman–Crippen LogP) is 0.321. The molecule has 1 unspecified atom stereocenters. The van der Waals surface area contributed by atoms with Gasteiger partial charge in [-0.15, -0.1) is 0 Å². The summed E-state index contributed by atoms with van der Waals surface area (Å²) in [7, 11) is -3.55. The van der Waals surface area contributed by atoms with E-state index in [4.69, 9.17) is 0 Å². The molecule has 1 aromatic carbocycles. The molecule has 0 saturated carbocycles. The number of sulfonamides is 1. The first-order chi connectivity index (χ1) is 12.4. The number of nitro groups is 1. The lowest BCUT2D eigenvalue weighted by Gasteiger charge is -2.40. The summed E-state index contributed by atoms with van der Waals surface area (Å²) >= 11 is 0. The minimum Gasteiger partial charge on any atom is -0.336 e. The van der Waals surface area contributed by atoms with E-state index < -0.39 is 14.9 Å². The van der Waals surface area contributed by atoms with Crippen molar-refractivity contribution >= 4 is 21.6 Å². The molecule has 0 spiro atoms. The monoisotopic (exact) mass is 382 g/mol. The number of carbonyl (C=O) groups is 1. The molecule has 1 aromatic rings. The molecule has 2 fully saturated rings. The van der Waals surface area contributed by atoms with Crippen molar-refractivity contribution in [1.82, 2.24) is 14.5 Å². The number of nitrogens with zero attached hydrogens (tertiary/aromatic N) is 3. The Hall–Kier alpha value is -2.04. The second-order valence-corrected chi connectivity index (χ2v) is 8.57. The summed E-state index contributed by atoms with van der Waals surface area (Å²) in [6.45, 7) is 2.36. The summed E-state index contributed by atoms with van der Waals surface area (Å²) in [6, 6.07) is 5.46. The second kappa shape index (κ2) is 7.68. The fraction of sp³-hybridized carbons (Fsp3) is 0.562. The summed E-state index contributed by atoms with van der Waals surface area (Å²) in [6.07, 6.45) is 1.51. The molecule has 9 nitrogen and oxygen atoms in total. The number of amides is 1. The third-order valence-corrected chi connectivity index (χ3v) is 6.63. The third-order valence-electron chi connectivity index (χ3n) is 4.82. The minimum absolute atomic E-state index is 0.0101. The van der Waals surface area contributed by atoms with Crippen LogP contribution in [0.25, 0.3) is 0 Å². The lowest BCUT2D eigenvalue weighted by atomic mass is 10.1. The molecule has 10 heteroatoms. The standard InChI is InChI=1S/C16H22N4O5S/c21-16-10-17-7-9-19(16)15-2-1-8-18(11-15)26(24,25)12-13-3-5-14(6-4-13)20(22)23/h3-6,15,17H,1-2,7-12H2. The van der Waals surface area contributed by atoms with E-state index in [9.17, 15) is 23.3 Å². The number of nitrogens with one attached hydrogen (secondary N) is 1. The first-order valence-corrected chi connectivity index (χ1v) is 10.2. The maximum absolute atomic E-state index is 12.8. The van der Waals surface area contributed by atoms with Gasteiger partial charge in [-0.3, -0.25) is 14.9 Å². The maximum atomic E-state index is 12.8. The predicted molar refractivity (Wildman–Crippen MR) is 94.9 cm³/mol. The van der Waals surface area contributed by atoms with E-state index in [0.29, 0.717) is 38.2 Å². The van der Waals surface area contributed by atoms with E-state index in [1.807, 2.05) is 0 Å². The van der Waals surface area contributed by atoms with Crippen LogP contribution in [0.1, 0.15) is 18.4 Å². The minimum atomic E-state index is -3.55. The Kier molecular flexibility index (Phi) is 5.54. The molecule has 142 valence electrons. The molecule has 0 radical (unpaired) electrons. The molecule has 2 aliphatic heterocycles. The Bertz CT molecular complexity index is 780. The molecule has 3 rings (SSSR count). The molecule has 26 heavy (non-hydrogen) atoms. The number of piperazine rings is 1. The Morgan fingerprint density at radius 3 is 2.62 bits per heavy atom. The van der Waals surface area contributed by atoms with Gasteiger partial charge in [-0.2, -0.15) is 4.31 Å². The molecule has 0 aromatic heterocycles. The van der Waals surface area contributed by atoms with Gasteiger partial charge in [0.05, 0.1) is 17.2 Å². The number of rotatable bonds is 5. The van der Waals surface area contributed by atoms with Crippen LogP contribution in [0.3, 0.4) is 0 Å². The Balaban J connectivity index is 1.68. The number of hydrogen-bond acceptors (Lipinski definition) is 6. The van der Waals surface area contributed by atoms with Crippen molar-refractivity contribution in [1.29, 1.82) is 0 Å². The molecule has 2 heterocycles. The molecule has 2 aliphatic rings. The number of nitro benzene ring substituents is 1. The van der Waals surface area contributed by atoms with E-state index in [2.05, 4.69) is 5.32 Å². The molecule has 2 saturated heterocycles. The zero-order valence-corrected chi connectivity index (χ0v) is 15.2. The lowest BCUT2D eigenvalue weighted by Crippen LogP contribution is -2.57. The van der Waals surface area contributed by atoms with Crippen molar-refractivity contribution < 1.29 is 18.1 Å². The average Bonchev–Trinajstić information content (AvgIpc) is 2.62. The number of non-ortho nitro benzene ring substituents is 1. The van der Waals surface area contributed by atoms with E-state index in [1.165, 1.54) is 28.6 Å². The lowest BCUT2D eigenvalue weighted by molar-refractivity contribution is -0.384. The summed E-state index contributed by atoms with van der Waals surface area (Å²) < 4.78 is 27.0. The largest absolute Gasteiger partial charge is 0.336 e. The highest BCUT2D eigenvalue weighted by Crippen LogP contribution is 2.22. The topological polar surface area (TPSA) is 113 Å². The zero-order chi connectivity index (χ0) is 18.7. The highest BCUT2D eigenvalue weighted by atomic mass is 32.2. The molecule has 0 bridgehead atoms. The van der Waals surface area contributed by atoms with Crippen LogP contribution in [-0.2, 0) is 20.6 Å². The van der Waals surface area contributed by atoms with Crippen molar-refractivity contribution in [3.63, 3.8) is 0 Å². The molecule has 0 aliphatic carbocycles. The highest BCUT2D eigenvalue weighted by molar-refractivity contribution is 7.88. The van der Waals surface area contributed by atoms with Crippen LogP contribution in [0.5, 0.6) is 0 Å². The van der Waals surface area contributed by atoms with Crippen molar-refractivity contribution in [3.8, 4) is 0 Å². The fourth-order valence-corrected chi connectivity index (χ4v) is 5.05. The van der Waals surface area contributed by atoms with Gasteiger partial charge in [0.1, 0.15) is 0 Å². The summed E-state index contributed by atoms with van der Waals surface area (Å²) in [5.41, 5.74) is 0.442. The second-order valence-electron chi connectivity index (χ2n) is 6.60. The molecular formula is C16H22N4O5S. The molecular weight excluding hydrogens is 360 g/mol. The molecule has 1 amide bonds. The quantitative estimate of drug-likeness (QED) is 0.580. The van der Waals surface area contributed by atoms with Crippen molar-refractivity contribution in [2.45, 2.75) is 24.6 Å². The number of hydrogen-bond donors (Lipinski definition) is 1. The molecule has 1 atom stereocenters. The van der Waals surface area contributed by atoms with Crippen LogP contribution in [0.4, 0.5) is 5.69 Å². The Labute approximate surface area is 152 Å². The average molecular weight is 382 g/mol. The smallest absolute Gasteiger partial charge is 0.269 e. The van der Waals surface area contributed by atoms with Gasteiger partial charge in [0.25, 0.3) is 5.69 Å². The maximum Gasteiger partial charge on any atom is 0.269 e. The zero-order valence-electron chi connectivity index (χ0n) is 14.3. The normalized spacial score (nSPS) is 22.4. The molecule has 1 N–H and O–H groups in total. The third kappa shape index (κ3) is 4.19. The first-order valence-electron chi connectivity index (χ1n) is 8.58. The van der Waals surface area contributed by atoms with Gasteiger partial charge < -0.3 is 10.2 Å². The Morgan fingerprint density at radius 1 is 1.23 bits per heavy atom. The van der Waals surface area contributed by atoms with Crippen LogP contribution in [-0.4, -0.2) is 67.2 Å². The number of carbonyl (C=O) groups excluding carboxylic acids is 1. The first kappa shape index (κ1) is 18.7. The van der Waals surface area contributed by atoms with Gasteiger partial charge in [-0.25, -0.2) is 8.42 Å². The summed E-state index contributed by atoms with van der Waals surface area (Å²) in [4.78, 5) is 24.0. The van der Waals surface area contributed by atoms with Gasteiger partial charge in [0.2, 0.25) is 15.9 Å². The Morgan fingerprint density at radius 2 is 1.96 bits per heavy atom. The van der Waals surface area contributed by atoms with Crippen LogP contribution < -0.4 is 5.32 Å². The highest BCUT2D eigenvalue weighted by Gasteiger charge is 2.34. The van der Waals surface area contributed by atoms with Crippen molar-refractivity contribution in [2.75, 3.05) is 32.7 Å². The number of piperidine rings is 1. The van der Waals surface area contributed by atoms with Gasteiger partial charge in [0, 0.05) is 44.4 Å². The van der Waals surface area contributed by atoms with Gasteiger partial charge >= 0.3 is 0 Å². The van der Waals surface area contributed by atoms with E-state index in [-0.39, 0.29) is 23.4 Å². The SMILES string of the molecule is O=C1CNCCN1C1CCCN(S(=O)(=O)Cc2ccc([N+](=O)[O-])cc2)C1.